The molecule has 1 saturated heterocycles. The highest BCUT2D eigenvalue weighted by Gasteiger charge is 2.29. The molecule has 1 aliphatic carbocycles. The van der Waals surface area contributed by atoms with Gasteiger partial charge in [-0.25, -0.2) is 0 Å². The van der Waals surface area contributed by atoms with Gasteiger partial charge >= 0.3 is 0 Å². The fraction of sp³-hybridized carbons (Fsp3) is 0.647. The first-order valence-corrected chi connectivity index (χ1v) is 9.33. The molecule has 4 N–H and O–H groups in total. The first-order chi connectivity index (χ1) is 10.9. The van der Waals surface area contributed by atoms with Crippen molar-refractivity contribution in [3.63, 3.8) is 0 Å². The third-order valence-electron chi connectivity index (χ3n) is 4.91. The molecule has 1 unspecified atom stereocenters. The standard InChI is InChI=1S/C17H25N3O2S/c1-10-6-11(2)8-20(7-10)9-14(21)19-17-15(16(18)22)12-4-3-5-13(12)23-17/h10-11H,3-9H2,1-2H3,(H2,18,22)(H,19,21)/p+1/t10-,11+. The number of nitrogens with two attached hydrogens (primary N) is 1. The van der Waals surface area contributed by atoms with Gasteiger partial charge in [-0.15, -0.1) is 11.3 Å². The number of primary amides is 1. The summed E-state index contributed by atoms with van der Waals surface area (Å²) in [6.45, 7) is 7.06. The van der Waals surface area contributed by atoms with Gasteiger partial charge in [-0.2, -0.15) is 0 Å². The highest BCUT2D eigenvalue weighted by molar-refractivity contribution is 7.17. The van der Waals surface area contributed by atoms with Crippen LogP contribution in [0.5, 0.6) is 0 Å². The van der Waals surface area contributed by atoms with E-state index >= 15 is 0 Å². The van der Waals surface area contributed by atoms with E-state index in [2.05, 4.69) is 19.2 Å². The number of nitrogens with one attached hydrogen (secondary N) is 2. The Morgan fingerprint density at radius 2 is 1.96 bits per heavy atom. The Labute approximate surface area is 141 Å². The van der Waals surface area contributed by atoms with E-state index in [1.165, 1.54) is 27.5 Å². The number of rotatable bonds is 4. The maximum Gasteiger partial charge on any atom is 0.280 e. The topological polar surface area (TPSA) is 76.6 Å². The Morgan fingerprint density at radius 1 is 1.26 bits per heavy atom. The van der Waals surface area contributed by atoms with Crippen LogP contribution in [0.3, 0.4) is 0 Å². The van der Waals surface area contributed by atoms with E-state index in [9.17, 15) is 9.59 Å². The second-order valence-corrected chi connectivity index (χ2v) is 8.36. The summed E-state index contributed by atoms with van der Waals surface area (Å²) in [7, 11) is 0. The molecule has 3 atom stereocenters. The van der Waals surface area contributed by atoms with Crippen LogP contribution in [0.4, 0.5) is 5.00 Å². The highest BCUT2D eigenvalue weighted by atomic mass is 32.1. The summed E-state index contributed by atoms with van der Waals surface area (Å²) in [5.41, 5.74) is 7.15. The van der Waals surface area contributed by atoms with Gasteiger partial charge in [-0.05, 0) is 31.2 Å². The molecule has 2 heterocycles. The minimum Gasteiger partial charge on any atom is -0.365 e. The van der Waals surface area contributed by atoms with Crippen molar-refractivity contribution in [2.45, 2.75) is 39.5 Å². The van der Waals surface area contributed by atoms with Crippen LogP contribution in [0.1, 0.15) is 47.5 Å². The van der Waals surface area contributed by atoms with Crippen molar-refractivity contribution in [3.05, 3.63) is 16.0 Å². The van der Waals surface area contributed by atoms with E-state index in [0.717, 1.165) is 37.9 Å². The SMILES string of the molecule is C[C@@H]1C[C@H](C)C[NH+](CC(=O)Nc2sc3c(c2C(N)=O)CCC3)C1. The van der Waals surface area contributed by atoms with Crippen LogP contribution in [0, 0.1) is 11.8 Å². The van der Waals surface area contributed by atoms with Crippen LogP contribution >= 0.6 is 11.3 Å². The summed E-state index contributed by atoms with van der Waals surface area (Å²) in [6.07, 6.45) is 4.20. The van der Waals surface area contributed by atoms with E-state index in [1.807, 2.05) is 0 Å². The molecular weight excluding hydrogens is 310 g/mol. The summed E-state index contributed by atoms with van der Waals surface area (Å²) in [4.78, 5) is 26.7. The second kappa shape index (κ2) is 6.61. The number of likely N-dealkylation sites (tertiary alicyclic amines) is 1. The molecule has 6 heteroatoms. The van der Waals surface area contributed by atoms with Gasteiger partial charge in [0.25, 0.3) is 11.8 Å². The van der Waals surface area contributed by atoms with Crippen molar-refractivity contribution in [3.8, 4) is 0 Å². The second-order valence-electron chi connectivity index (χ2n) is 7.25. The molecule has 1 aromatic heterocycles. The van der Waals surface area contributed by atoms with E-state index in [0.29, 0.717) is 28.9 Å². The minimum absolute atomic E-state index is 0.0104. The summed E-state index contributed by atoms with van der Waals surface area (Å²) < 4.78 is 0. The molecular formula is C17H26N3O2S+. The number of amides is 2. The third kappa shape index (κ3) is 3.58. The fourth-order valence-electron chi connectivity index (χ4n) is 4.22. The van der Waals surface area contributed by atoms with Gasteiger partial charge in [0.15, 0.2) is 6.54 Å². The van der Waals surface area contributed by atoms with Crippen molar-refractivity contribution in [1.29, 1.82) is 0 Å². The lowest BCUT2D eigenvalue weighted by Crippen LogP contribution is -3.15. The smallest absolute Gasteiger partial charge is 0.280 e. The predicted octanol–water partition coefficient (Wildman–Crippen LogP) is 0.835. The number of carbonyl (C=O) groups excluding carboxylic acids is 2. The molecule has 2 aliphatic rings. The number of fused-ring (bicyclic) bond motifs is 1. The number of carbonyl (C=O) groups is 2. The van der Waals surface area contributed by atoms with Crippen LogP contribution in [0.15, 0.2) is 0 Å². The van der Waals surface area contributed by atoms with E-state index < -0.39 is 5.91 Å². The molecule has 0 aromatic carbocycles. The van der Waals surface area contributed by atoms with Crippen molar-refractivity contribution >= 4 is 28.2 Å². The Bertz CT molecular complexity index is 616. The molecule has 3 rings (SSSR count). The van der Waals surface area contributed by atoms with Gasteiger partial charge in [0.1, 0.15) is 5.00 Å². The van der Waals surface area contributed by atoms with E-state index in [1.54, 1.807) is 0 Å². The van der Waals surface area contributed by atoms with Gasteiger partial charge in [0.2, 0.25) is 0 Å². The minimum atomic E-state index is -0.424. The number of hydrogen-bond acceptors (Lipinski definition) is 3. The quantitative estimate of drug-likeness (QED) is 0.762. The molecule has 0 spiro atoms. The first-order valence-electron chi connectivity index (χ1n) is 8.51. The number of aryl methyl sites for hydroxylation is 1. The number of thiophene rings is 1. The molecule has 126 valence electrons. The maximum absolute atomic E-state index is 12.4. The van der Waals surface area contributed by atoms with Gasteiger partial charge in [0, 0.05) is 16.7 Å². The molecule has 1 aliphatic heterocycles. The Hall–Kier alpha value is -1.40. The Balaban J connectivity index is 1.68. The number of anilines is 1. The van der Waals surface area contributed by atoms with Crippen LogP contribution in [-0.2, 0) is 17.6 Å². The van der Waals surface area contributed by atoms with Gasteiger partial charge < -0.3 is 16.0 Å². The van der Waals surface area contributed by atoms with E-state index in [-0.39, 0.29) is 5.91 Å². The lowest BCUT2D eigenvalue weighted by atomic mass is 9.92. The Kier molecular flexibility index (Phi) is 4.73. The van der Waals surface area contributed by atoms with E-state index in [4.69, 9.17) is 5.73 Å². The van der Waals surface area contributed by atoms with Crippen molar-refractivity contribution in [2.75, 3.05) is 25.0 Å². The summed E-state index contributed by atoms with van der Waals surface area (Å²) in [5, 5.41) is 3.61. The summed E-state index contributed by atoms with van der Waals surface area (Å²) in [6, 6.07) is 0. The normalized spacial score (nSPS) is 26.8. The van der Waals surface area contributed by atoms with Crippen LogP contribution < -0.4 is 16.0 Å². The molecule has 1 aromatic rings. The molecule has 0 bridgehead atoms. The van der Waals surface area contributed by atoms with Gasteiger partial charge in [-0.1, -0.05) is 13.8 Å². The monoisotopic (exact) mass is 336 g/mol. The predicted molar refractivity (Wildman–Crippen MR) is 92.0 cm³/mol. The zero-order valence-electron chi connectivity index (χ0n) is 13.9. The van der Waals surface area contributed by atoms with Crippen molar-refractivity contribution in [1.82, 2.24) is 0 Å². The average Bonchev–Trinajstić information content (AvgIpc) is 2.96. The molecule has 23 heavy (non-hydrogen) atoms. The molecule has 0 radical (unpaired) electrons. The largest absolute Gasteiger partial charge is 0.365 e. The number of piperidine rings is 1. The summed E-state index contributed by atoms with van der Waals surface area (Å²) >= 11 is 1.53. The zero-order chi connectivity index (χ0) is 16.6. The highest BCUT2D eigenvalue weighted by Crippen LogP contribution is 2.38. The van der Waals surface area contributed by atoms with Gasteiger partial charge in [-0.3, -0.25) is 9.59 Å². The van der Waals surface area contributed by atoms with Crippen molar-refractivity contribution in [2.24, 2.45) is 17.6 Å². The zero-order valence-corrected chi connectivity index (χ0v) is 14.7. The fourth-order valence-corrected chi connectivity index (χ4v) is 5.53. The van der Waals surface area contributed by atoms with Gasteiger partial charge in [0.05, 0.1) is 18.7 Å². The van der Waals surface area contributed by atoms with Crippen LogP contribution in [0.2, 0.25) is 0 Å². The maximum atomic E-state index is 12.4. The van der Waals surface area contributed by atoms with Crippen LogP contribution in [-0.4, -0.2) is 31.4 Å². The van der Waals surface area contributed by atoms with Crippen molar-refractivity contribution < 1.29 is 14.5 Å². The number of hydrogen-bond donors (Lipinski definition) is 3. The third-order valence-corrected chi connectivity index (χ3v) is 6.12. The lowest BCUT2D eigenvalue weighted by molar-refractivity contribution is -0.904. The van der Waals surface area contributed by atoms with Crippen LogP contribution in [0.25, 0.3) is 0 Å². The number of quaternary nitrogens is 1. The molecule has 1 fully saturated rings. The average molecular weight is 336 g/mol. The molecule has 5 nitrogen and oxygen atoms in total. The lowest BCUT2D eigenvalue weighted by Gasteiger charge is -2.31. The first kappa shape index (κ1) is 16.5. The molecule has 0 saturated carbocycles. The summed E-state index contributed by atoms with van der Waals surface area (Å²) in [5.74, 6) is 0.887. The Morgan fingerprint density at radius 3 is 2.61 bits per heavy atom. The molecule has 2 amide bonds.